The number of rotatable bonds is 6. The van der Waals surface area contributed by atoms with Crippen LogP contribution in [0.15, 0.2) is 87.1 Å². The molecular weight excluding hydrogens is 422 g/mol. The smallest absolute Gasteiger partial charge is 0.290 e. The average Bonchev–Trinajstić information content (AvgIpc) is 3.54. The fourth-order valence-corrected chi connectivity index (χ4v) is 4.28. The maximum atomic E-state index is 13.7. The highest BCUT2D eigenvalue weighted by molar-refractivity contribution is 6.16. The molecule has 1 N–H and O–H groups in total. The van der Waals surface area contributed by atoms with Crippen LogP contribution in [0.1, 0.15) is 33.5 Å². The van der Waals surface area contributed by atoms with Crippen LogP contribution in [0.4, 0.5) is 0 Å². The zero-order chi connectivity index (χ0) is 23.1. The molecule has 0 radical (unpaired) electrons. The van der Waals surface area contributed by atoms with Gasteiger partial charge in [-0.15, -0.1) is 0 Å². The SMILES string of the molecule is COc1cccc2cc(C(=O)C3=C(O)C(=O)N(Cc4ccco4)C3c3ccccc3C)oc12. The minimum atomic E-state index is -0.800. The van der Waals surface area contributed by atoms with Crippen molar-refractivity contribution in [1.29, 1.82) is 0 Å². The van der Waals surface area contributed by atoms with Gasteiger partial charge >= 0.3 is 0 Å². The second kappa shape index (κ2) is 8.02. The fourth-order valence-electron chi connectivity index (χ4n) is 4.28. The van der Waals surface area contributed by atoms with E-state index in [1.54, 1.807) is 36.4 Å². The Morgan fingerprint density at radius 3 is 2.67 bits per heavy atom. The predicted molar refractivity (Wildman–Crippen MR) is 120 cm³/mol. The molecule has 0 saturated heterocycles. The second-order valence-corrected chi connectivity index (χ2v) is 7.85. The van der Waals surface area contributed by atoms with Crippen LogP contribution in [0.25, 0.3) is 11.0 Å². The molecule has 7 heteroatoms. The molecule has 0 spiro atoms. The van der Waals surface area contributed by atoms with Gasteiger partial charge < -0.3 is 23.6 Å². The number of ketones is 1. The monoisotopic (exact) mass is 443 g/mol. The Bertz CT molecular complexity index is 1400. The van der Waals surface area contributed by atoms with Crippen LogP contribution in [-0.4, -0.2) is 28.8 Å². The summed E-state index contributed by atoms with van der Waals surface area (Å²) in [6.07, 6.45) is 1.51. The lowest BCUT2D eigenvalue weighted by Crippen LogP contribution is -2.31. The van der Waals surface area contributed by atoms with E-state index in [0.717, 1.165) is 11.1 Å². The Morgan fingerprint density at radius 2 is 1.94 bits per heavy atom. The summed E-state index contributed by atoms with van der Waals surface area (Å²) in [6, 6.07) is 17.0. The summed E-state index contributed by atoms with van der Waals surface area (Å²) in [5.41, 5.74) is 2.01. The molecule has 1 aliphatic rings. The highest BCUT2D eigenvalue weighted by Crippen LogP contribution is 2.42. The maximum Gasteiger partial charge on any atom is 0.290 e. The lowest BCUT2D eigenvalue weighted by Gasteiger charge is -2.27. The molecule has 0 bridgehead atoms. The summed E-state index contributed by atoms with van der Waals surface area (Å²) >= 11 is 0. The summed E-state index contributed by atoms with van der Waals surface area (Å²) in [4.78, 5) is 28.2. The first-order valence-electron chi connectivity index (χ1n) is 10.4. The molecule has 1 aliphatic heterocycles. The van der Waals surface area contributed by atoms with Crippen molar-refractivity contribution in [2.75, 3.05) is 7.11 Å². The molecule has 1 unspecified atom stereocenters. The Balaban J connectivity index is 1.63. The molecule has 33 heavy (non-hydrogen) atoms. The van der Waals surface area contributed by atoms with E-state index in [1.165, 1.54) is 18.3 Å². The molecule has 0 aliphatic carbocycles. The number of aliphatic hydroxyl groups excluding tert-OH is 1. The number of nitrogens with zero attached hydrogens (tertiary/aromatic N) is 1. The first kappa shape index (κ1) is 20.6. The van der Waals surface area contributed by atoms with Crippen LogP contribution in [0.5, 0.6) is 5.75 Å². The summed E-state index contributed by atoms with van der Waals surface area (Å²) in [5, 5.41) is 11.5. The van der Waals surface area contributed by atoms with Crippen LogP contribution < -0.4 is 4.74 Å². The highest BCUT2D eigenvalue weighted by Gasteiger charge is 2.45. The molecule has 0 saturated carbocycles. The first-order valence-corrected chi connectivity index (χ1v) is 10.4. The molecule has 1 atom stereocenters. The summed E-state index contributed by atoms with van der Waals surface area (Å²) in [7, 11) is 1.52. The number of aryl methyl sites for hydroxylation is 1. The van der Waals surface area contributed by atoms with E-state index in [0.29, 0.717) is 22.5 Å². The topological polar surface area (TPSA) is 93.1 Å². The van der Waals surface area contributed by atoms with Crippen LogP contribution in [0.2, 0.25) is 0 Å². The standard InChI is InChI=1S/C26H21NO6/c1-15-7-3-4-10-18(15)22-21(24(29)26(30)27(22)14-17-9-6-12-32-17)23(28)20-13-16-8-5-11-19(31-2)25(16)33-20/h3-13,22,29H,14H2,1-2H3. The van der Waals surface area contributed by atoms with E-state index in [9.17, 15) is 14.7 Å². The van der Waals surface area contributed by atoms with Gasteiger partial charge in [-0.1, -0.05) is 36.4 Å². The number of carbonyl (C=O) groups is 2. The van der Waals surface area contributed by atoms with Gasteiger partial charge in [0, 0.05) is 5.39 Å². The van der Waals surface area contributed by atoms with E-state index in [2.05, 4.69) is 0 Å². The predicted octanol–water partition coefficient (Wildman–Crippen LogP) is 5.12. The zero-order valence-electron chi connectivity index (χ0n) is 18.1. The van der Waals surface area contributed by atoms with Gasteiger partial charge in [0.25, 0.3) is 5.91 Å². The lowest BCUT2D eigenvalue weighted by atomic mass is 9.92. The number of methoxy groups -OCH3 is 1. The van der Waals surface area contributed by atoms with Gasteiger partial charge in [0.1, 0.15) is 5.76 Å². The van der Waals surface area contributed by atoms with Gasteiger partial charge in [-0.3, -0.25) is 9.59 Å². The van der Waals surface area contributed by atoms with Crippen LogP contribution >= 0.6 is 0 Å². The second-order valence-electron chi connectivity index (χ2n) is 7.85. The van der Waals surface area contributed by atoms with Crippen molar-refractivity contribution in [2.24, 2.45) is 0 Å². The van der Waals surface area contributed by atoms with Crippen molar-refractivity contribution in [1.82, 2.24) is 4.90 Å². The summed E-state index contributed by atoms with van der Waals surface area (Å²) in [5.74, 6) is -0.750. The van der Waals surface area contributed by atoms with Gasteiger partial charge in [0.05, 0.1) is 31.5 Å². The molecule has 3 heterocycles. The fraction of sp³-hybridized carbons (Fsp3) is 0.154. The minimum Gasteiger partial charge on any atom is -0.503 e. The van der Waals surface area contributed by atoms with Crippen molar-refractivity contribution in [2.45, 2.75) is 19.5 Å². The number of amides is 1. The van der Waals surface area contributed by atoms with Crippen LogP contribution in [0.3, 0.4) is 0 Å². The average molecular weight is 443 g/mol. The Morgan fingerprint density at radius 1 is 1.12 bits per heavy atom. The number of hydrogen-bond donors (Lipinski definition) is 1. The third kappa shape index (κ3) is 3.38. The number of benzene rings is 2. The number of carbonyl (C=O) groups excluding carboxylic acids is 2. The Labute approximate surface area is 189 Å². The molecule has 166 valence electrons. The van der Waals surface area contributed by atoms with Crippen molar-refractivity contribution in [3.63, 3.8) is 0 Å². The Kier molecular flexibility index (Phi) is 5.01. The maximum absolute atomic E-state index is 13.7. The molecule has 1 amide bonds. The van der Waals surface area contributed by atoms with Gasteiger partial charge in [-0.2, -0.15) is 0 Å². The third-order valence-electron chi connectivity index (χ3n) is 5.89. The van der Waals surface area contributed by atoms with Gasteiger partial charge in [0.2, 0.25) is 5.78 Å². The van der Waals surface area contributed by atoms with Crippen molar-refractivity contribution < 1.29 is 28.3 Å². The summed E-state index contributed by atoms with van der Waals surface area (Å²) < 4.78 is 16.6. The molecule has 0 fully saturated rings. The molecule has 4 aromatic rings. The van der Waals surface area contributed by atoms with E-state index < -0.39 is 23.5 Å². The highest BCUT2D eigenvalue weighted by atomic mass is 16.5. The number of aliphatic hydroxyl groups is 1. The summed E-state index contributed by atoms with van der Waals surface area (Å²) in [6.45, 7) is 1.99. The molecule has 2 aromatic heterocycles. The Hall–Kier alpha value is -4.26. The number of hydrogen-bond acceptors (Lipinski definition) is 6. The van der Waals surface area contributed by atoms with Crippen LogP contribution in [-0.2, 0) is 11.3 Å². The zero-order valence-corrected chi connectivity index (χ0v) is 18.1. The van der Waals surface area contributed by atoms with Gasteiger partial charge in [0.15, 0.2) is 22.9 Å². The molecule has 7 nitrogen and oxygen atoms in total. The lowest BCUT2D eigenvalue weighted by molar-refractivity contribution is -0.130. The first-order chi connectivity index (χ1) is 16.0. The van der Waals surface area contributed by atoms with E-state index >= 15 is 0 Å². The number of ether oxygens (including phenoxy) is 1. The van der Waals surface area contributed by atoms with E-state index in [-0.39, 0.29) is 17.9 Å². The number of fused-ring (bicyclic) bond motifs is 1. The molecular formula is C26H21NO6. The van der Waals surface area contributed by atoms with E-state index in [4.69, 9.17) is 13.6 Å². The van der Waals surface area contributed by atoms with E-state index in [1.807, 2.05) is 31.2 Å². The number of para-hydroxylation sites is 1. The van der Waals surface area contributed by atoms with Crippen molar-refractivity contribution in [3.05, 3.63) is 101 Å². The number of Topliss-reactive ketones (excluding diaryl/α,β-unsaturated/α-hetero) is 1. The van der Waals surface area contributed by atoms with Gasteiger partial charge in [-0.25, -0.2) is 0 Å². The largest absolute Gasteiger partial charge is 0.503 e. The third-order valence-corrected chi connectivity index (χ3v) is 5.89. The quantitative estimate of drug-likeness (QED) is 0.416. The minimum absolute atomic E-state index is 0.0160. The van der Waals surface area contributed by atoms with Crippen molar-refractivity contribution >= 4 is 22.7 Å². The normalized spacial score (nSPS) is 16.1. The molecule has 2 aromatic carbocycles. The molecule has 5 rings (SSSR count). The number of furan rings is 2. The van der Waals surface area contributed by atoms with Gasteiger partial charge in [-0.05, 0) is 42.3 Å². The van der Waals surface area contributed by atoms with Crippen molar-refractivity contribution in [3.8, 4) is 5.75 Å². The van der Waals surface area contributed by atoms with Crippen LogP contribution in [0, 0.1) is 6.92 Å².